The highest BCUT2D eigenvalue weighted by atomic mass is 32.1. The van der Waals surface area contributed by atoms with Crippen LogP contribution in [0, 0.1) is 0 Å². The summed E-state index contributed by atoms with van der Waals surface area (Å²) in [6, 6.07) is 3.96. The van der Waals surface area contributed by atoms with E-state index in [0.717, 1.165) is 12.8 Å². The molecular weight excluding hydrogens is 328 g/mol. The summed E-state index contributed by atoms with van der Waals surface area (Å²) in [6.07, 6.45) is 3.39. The van der Waals surface area contributed by atoms with Crippen molar-refractivity contribution in [3.63, 3.8) is 0 Å². The molecular formula is C15H20N6O2S. The highest BCUT2D eigenvalue weighted by Crippen LogP contribution is 2.34. The van der Waals surface area contributed by atoms with Gasteiger partial charge in [0, 0.05) is 25.5 Å². The van der Waals surface area contributed by atoms with E-state index < -0.39 is 0 Å². The summed E-state index contributed by atoms with van der Waals surface area (Å²) in [4.78, 5) is 32.7. The Morgan fingerprint density at radius 1 is 1.46 bits per heavy atom. The van der Waals surface area contributed by atoms with Crippen molar-refractivity contribution in [2.75, 3.05) is 26.0 Å². The molecule has 1 aliphatic rings. The maximum Gasteiger partial charge on any atom is 0.324 e. The Morgan fingerprint density at radius 2 is 2.29 bits per heavy atom. The largest absolute Gasteiger partial charge is 0.347 e. The van der Waals surface area contributed by atoms with Crippen LogP contribution in [0.4, 0.5) is 10.7 Å². The summed E-state index contributed by atoms with van der Waals surface area (Å²) >= 11 is 1.66. The van der Waals surface area contributed by atoms with Crippen LogP contribution in [-0.4, -0.2) is 57.1 Å². The first kappa shape index (κ1) is 16.4. The Morgan fingerprint density at radius 3 is 3.00 bits per heavy atom. The number of carbonyl (C=O) groups is 2. The summed E-state index contributed by atoms with van der Waals surface area (Å²) in [5.74, 6) is 0.124. The van der Waals surface area contributed by atoms with Gasteiger partial charge in [0.05, 0.1) is 6.04 Å². The van der Waals surface area contributed by atoms with E-state index in [1.165, 1.54) is 20.8 Å². The van der Waals surface area contributed by atoms with Crippen molar-refractivity contribution in [1.82, 2.24) is 24.6 Å². The molecule has 0 bridgehead atoms. The number of nitrogens with zero attached hydrogens (tertiary/aromatic N) is 5. The molecule has 9 heteroatoms. The number of hydrogen-bond donors (Lipinski definition) is 1. The van der Waals surface area contributed by atoms with Gasteiger partial charge in [0.2, 0.25) is 11.9 Å². The first-order valence-corrected chi connectivity index (χ1v) is 8.63. The third-order valence-electron chi connectivity index (χ3n) is 3.94. The Bertz CT molecular complexity index is 711. The highest BCUT2D eigenvalue weighted by Gasteiger charge is 2.31. The number of hydrogen-bond acceptors (Lipinski definition) is 5. The first-order chi connectivity index (χ1) is 11.5. The van der Waals surface area contributed by atoms with E-state index in [0.29, 0.717) is 6.54 Å². The van der Waals surface area contributed by atoms with Crippen LogP contribution >= 0.6 is 11.3 Å². The van der Waals surface area contributed by atoms with E-state index >= 15 is 0 Å². The third-order valence-corrected chi connectivity index (χ3v) is 4.91. The second kappa shape index (κ2) is 7.00. The van der Waals surface area contributed by atoms with Crippen molar-refractivity contribution in [3.8, 4) is 0 Å². The van der Waals surface area contributed by atoms with Gasteiger partial charge in [0.1, 0.15) is 12.9 Å². The number of amides is 3. The second-order valence-corrected chi connectivity index (χ2v) is 6.83. The molecule has 1 N–H and O–H groups in total. The minimum Gasteiger partial charge on any atom is -0.347 e. The van der Waals surface area contributed by atoms with Gasteiger partial charge in [-0.05, 0) is 24.3 Å². The molecule has 2 aromatic rings. The van der Waals surface area contributed by atoms with Gasteiger partial charge in [-0.25, -0.2) is 14.5 Å². The van der Waals surface area contributed by atoms with Crippen molar-refractivity contribution in [2.45, 2.75) is 25.4 Å². The van der Waals surface area contributed by atoms with Crippen molar-refractivity contribution in [1.29, 1.82) is 0 Å². The molecule has 0 aliphatic carbocycles. The predicted molar refractivity (Wildman–Crippen MR) is 90.7 cm³/mol. The number of likely N-dealkylation sites (tertiary alicyclic amines) is 1. The van der Waals surface area contributed by atoms with E-state index in [4.69, 9.17) is 0 Å². The number of thiophene rings is 1. The maximum absolute atomic E-state index is 12.5. The van der Waals surface area contributed by atoms with Crippen LogP contribution in [0.2, 0.25) is 0 Å². The lowest BCUT2D eigenvalue weighted by Crippen LogP contribution is -2.34. The predicted octanol–water partition coefficient (Wildman–Crippen LogP) is 1.80. The maximum atomic E-state index is 12.5. The van der Waals surface area contributed by atoms with Gasteiger partial charge >= 0.3 is 6.03 Å². The van der Waals surface area contributed by atoms with E-state index in [1.54, 1.807) is 25.4 Å². The molecule has 1 fully saturated rings. The number of carbonyl (C=O) groups excluding carboxylic acids is 2. The van der Waals surface area contributed by atoms with Crippen LogP contribution in [-0.2, 0) is 11.3 Å². The minimum atomic E-state index is -0.206. The van der Waals surface area contributed by atoms with Gasteiger partial charge in [-0.3, -0.25) is 10.1 Å². The fourth-order valence-corrected chi connectivity index (χ4v) is 3.54. The standard InChI is InChI=1S/C15H20N6O2S/c1-19(2)13(22)9-20-10-16-14(18-20)17-15(23)21-7-3-5-11(21)12-6-4-8-24-12/h4,6,8,10-11H,3,5,7,9H2,1-2H3,(H,17,18,23). The molecule has 1 saturated heterocycles. The summed E-state index contributed by atoms with van der Waals surface area (Å²) < 4.78 is 1.42. The molecule has 2 aromatic heterocycles. The summed E-state index contributed by atoms with van der Waals surface area (Å²) in [5, 5.41) is 8.88. The quantitative estimate of drug-likeness (QED) is 0.913. The normalized spacial score (nSPS) is 17.1. The Labute approximate surface area is 144 Å². The fourth-order valence-electron chi connectivity index (χ4n) is 2.66. The zero-order valence-corrected chi connectivity index (χ0v) is 14.5. The van der Waals surface area contributed by atoms with Crippen LogP contribution in [0.25, 0.3) is 0 Å². The van der Waals surface area contributed by atoms with E-state index in [-0.39, 0.29) is 30.5 Å². The molecule has 1 atom stereocenters. The van der Waals surface area contributed by atoms with Gasteiger partial charge in [0.15, 0.2) is 0 Å². The van der Waals surface area contributed by atoms with Crippen LogP contribution in [0.5, 0.6) is 0 Å². The molecule has 0 spiro atoms. The molecule has 0 radical (unpaired) electrons. The van der Waals surface area contributed by atoms with Crippen LogP contribution in [0.3, 0.4) is 0 Å². The number of aromatic nitrogens is 3. The minimum absolute atomic E-state index is 0.0879. The number of nitrogens with one attached hydrogen (secondary N) is 1. The molecule has 3 heterocycles. The number of likely N-dealkylation sites (N-methyl/N-ethyl adjacent to an activating group) is 1. The highest BCUT2D eigenvalue weighted by molar-refractivity contribution is 7.10. The van der Waals surface area contributed by atoms with Crippen LogP contribution < -0.4 is 5.32 Å². The summed E-state index contributed by atoms with van der Waals surface area (Å²) in [6.45, 7) is 0.811. The first-order valence-electron chi connectivity index (χ1n) is 7.75. The number of rotatable bonds is 4. The van der Waals surface area contributed by atoms with Gasteiger partial charge in [-0.1, -0.05) is 6.07 Å². The molecule has 128 valence electrons. The zero-order valence-electron chi connectivity index (χ0n) is 13.7. The van der Waals surface area contributed by atoms with Crippen LogP contribution in [0.15, 0.2) is 23.8 Å². The SMILES string of the molecule is CN(C)C(=O)Cn1cnc(NC(=O)N2CCCC2c2cccs2)n1. The number of urea groups is 1. The average molecular weight is 348 g/mol. The summed E-state index contributed by atoms with van der Waals surface area (Å²) in [5.41, 5.74) is 0. The van der Waals surface area contributed by atoms with Crippen LogP contribution in [0.1, 0.15) is 23.8 Å². The fraction of sp³-hybridized carbons (Fsp3) is 0.467. The van der Waals surface area contributed by atoms with E-state index in [2.05, 4.69) is 21.5 Å². The van der Waals surface area contributed by atoms with E-state index in [1.807, 2.05) is 16.3 Å². The molecule has 1 unspecified atom stereocenters. The Balaban J connectivity index is 1.62. The number of anilines is 1. The lowest BCUT2D eigenvalue weighted by Gasteiger charge is -2.23. The second-order valence-electron chi connectivity index (χ2n) is 5.85. The molecule has 1 aliphatic heterocycles. The topological polar surface area (TPSA) is 83.4 Å². The Hall–Kier alpha value is -2.42. The molecule has 3 amide bonds. The molecule has 24 heavy (non-hydrogen) atoms. The van der Waals surface area contributed by atoms with Gasteiger partial charge in [-0.15, -0.1) is 16.4 Å². The van der Waals surface area contributed by atoms with Gasteiger partial charge in [-0.2, -0.15) is 0 Å². The zero-order chi connectivity index (χ0) is 17.1. The van der Waals surface area contributed by atoms with Crippen molar-refractivity contribution in [2.24, 2.45) is 0 Å². The lowest BCUT2D eigenvalue weighted by atomic mass is 10.2. The smallest absolute Gasteiger partial charge is 0.324 e. The van der Waals surface area contributed by atoms with E-state index in [9.17, 15) is 9.59 Å². The molecule has 0 saturated carbocycles. The van der Waals surface area contributed by atoms with Gasteiger partial charge < -0.3 is 9.80 Å². The summed E-state index contributed by atoms with van der Waals surface area (Å²) in [7, 11) is 3.36. The lowest BCUT2D eigenvalue weighted by molar-refractivity contribution is -0.129. The Kier molecular flexibility index (Phi) is 4.79. The van der Waals surface area contributed by atoms with Crippen molar-refractivity contribution in [3.05, 3.63) is 28.7 Å². The van der Waals surface area contributed by atoms with Gasteiger partial charge in [0.25, 0.3) is 0 Å². The third kappa shape index (κ3) is 3.56. The van der Waals surface area contributed by atoms with Crippen molar-refractivity contribution < 1.29 is 9.59 Å². The molecule has 8 nitrogen and oxygen atoms in total. The average Bonchev–Trinajstić information content (AvgIpc) is 3.28. The molecule has 0 aromatic carbocycles. The monoisotopic (exact) mass is 348 g/mol. The molecule has 3 rings (SSSR count). The van der Waals surface area contributed by atoms with Crippen molar-refractivity contribution >= 4 is 29.2 Å².